The van der Waals surface area contributed by atoms with Gasteiger partial charge in [0.2, 0.25) is 0 Å². The Morgan fingerprint density at radius 1 is 0.311 bits per heavy atom. The third-order valence-corrected chi connectivity index (χ3v) is 21.7. The van der Waals surface area contributed by atoms with Gasteiger partial charge in [-0.05, 0) is 63.2 Å². The molecule has 0 saturated heterocycles. The zero-order chi connectivity index (χ0) is 75.6. The molecular weight excluding hydrogens is 1340 g/mol. The number of phosphoric ester groups is 2. The highest BCUT2D eigenvalue weighted by Crippen LogP contribution is 2.45. The number of unbranched alkanes of at least 4 members (excludes halogenated alkanes) is 46. The molecule has 0 aliphatic heterocycles. The topological polar surface area (TPSA) is 237 Å². The Kier molecular flexibility index (Phi) is 73.2. The zero-order valence-corrected chi connectivity index (χ0v) is 68.9. The van der Waals surface area contributed by atoms with Crippen LogP contribution in [0.2, 0.25) is 0 Å². The summed E-state index contributed by atoms with van der Waals surface area (Å²) >= 11 is 0. The molecule has 0 amide bonds. The van der Waals surface area contributed by atoms with Crippen molar-refractivity contribution < 1.29 is 80.2 Å². The molecule has 19 heteroatoms. The van der Waals surface area contributed by atoms with Crippen LogP contribution in [0.15, 0.2) is 24.3 Å². The highest BCUT2D eigenvalue weighted by molar-refractivity contribution is 7.47. The molecule has 0 bridgehead atoms. The van der Waals surface area contributed by atoms with Crippen LogP contribution in [0, 0.1) is 11.8 Å². The van der Waals surface area contributed by atoms with Crippen LogP contribution in [-0.4, -0.2) is 96.7 Å². The predicted octanol–water partition coefficient (Wildman–Crippen LogP) is 25.0. The Hall–Kier alpha value is -2.46. The smallest absolute Gasteiger partial charge is 0.462 e. The SMILES string of the molecule is CCCCCC/C=C\C=C/CCCCCCCC(=O)O[C@H](COC(=O)CCCCCCCCCC)COP(=O)(O)OC[C@H](O)COP(=O)(O)OC[C@@H](COC(=O)CCCCCCCCCCCCCCCCC(C)CC)OC(=O)CCCCCCCCCCCCCCCCCCCCC(C)CC. The van der Waals surface area contributed by atoms with Gasteiger partial charge in [0.05, 0.1) is 26.4 Å². The molecule has 7 atom stereocenters. The van der Waals surface area contributed by atoms with Crippen molar-refractivity contribution in [1.82, 2.24) is 0 Å². The van der Waals surface area contributed by atoms with Crippen molar-refractivity contribution in [3.63, 3.8) is 0 Å². The van der Waals surface area contributed by atoms with Crippen molar-refractivity contribution in [3.8, 4) is 0 Å². The molecule has 0 radical (unpaired) electrons. The highest BCUT2D eigenvalue weighted by Gasteiger charge is 2.30. The summed E-state index contributed by atoms with van der Waals surface area (Å²) < 4.78 is 68.7. The van der Waals surface area contributed by atoms with E-state index in [1.807, 2.05) is 0 Å². The molecule has 0 aliphatic carbocycles. The van der Waals surface area contributed by atoms with Crippen molar-refractivity contribution in [2.24, 2.45) is 11.8 Å². The number of hydrogen-bond donors (Lipinski definition) is 3. The van der Waals surface area contributed by atoms with Gasteiger partial charge < -0.3 is 33.8 Å². The average Bonchev–Trinajstić information content (AvgIpc) is 1.05. The van der Waals surface area contributed by atoms with Crippen LogP contribution in [0.1, 0.15) is 420 Å². The molecule has 0 rings (SSSR count). The lowest BCUT2D eigenvalue weighted by Crippen LogP contribution is -2.30. The minimum absolute atomic E-state index is 0.0850. The van der Waals surface area contributed by atoms with E-state index < -0.39 is 97.5 Å². The molecule has 0 aromatic carbocycles. The molecule has 0 aromatic heterocycles. The van der Waals surface area contributed by atoms with Crippen LogP contribution in [0.4, 0.5) is 0 Å². The van der Waals surface area contributed by atoms with Crippen molar-refractivity contribution in [2.45, 2.75) is 439 Å². The first-order chi connectivity index (χ1) is 49.9. The summed E-state index contributed by atoms with van der Waals surface area (Å²) in [6, 6.07) is 0. The number of carbonyl (C=O) groups excluding carboxylic acids is 4. The predicted molar refractivity (Wildman–Crippen MR) is 423 cm³/mol. The first-order valence-corrected chi connectivity index (χ1v) is 45.9. The summed E-state index contributed by atoms with van der Waals surface area (Å²) in [6.07, 6.45) is 68.8. The lowest BCUT2D eigenvalue weighted by molar-refractivity contribution is -0.161. The van der Waals surface area contributed by atoms with E-state index in [2.05, 4.69) is 65.8 Å². The molecule has 103 heavy (non-hydrogen) atoms. The van der Waals surface area contributed by atoms with Gasteiger partial charge in [0.15, 0.2) is 12.2 Å². The standard InChI is InChI=1S/C84H160O17P2/c1-7-11-13-15-17-19-20-21-26-34-39-44-50-56-62-68-83(88)100-79(72-94-81(86)66-60-54-48-18-16-14-12-8-2)74-98-102(90,91)96-70-78(85)71-97-103(92,93)99-75-80(73-95-82(87)67-61-55-49-43-38-33-30-29-32-37-42-47-53-59-65-77(6)10-4)101-84(89)69-63-57-51-45-40-35-28-25-23-22-24-27-31-36-41-46-52-58-64-76(5)9-3/h19-21,26,76-80,85H,7-18,22-25,27-75H2,1-6H3,(H,90,91)(H,92,93)/b20-19-,26-21-/t76?,77?,78-,79+,80+/m0/s1. The van der Waals surface area contributed by atoms with Crippen LogP contribution in [0.5, 0.6) is 0 Å². The summed E-state index contributed by atoms with van der Waals surface area (Å²) in [7, 11) is -9.93. The molecule has 0 aromatic rings. The molecule has 0 spiro atoms. The third-order valence-electron chi connectivity index (χ3n) is 19.8. The highest BCUT2D eigenvalue weighted by atomic mass is 31.2. The van der Waals surface area contributed by atoms with Gasteiger partial charge in [0, 0.05) is 25.7 Å². The summed E-state index contributed by atoms with van der Waals surface area (Å²) in [5.74, 6) is -0.420. The van der Waals surface area contributed by atoms with Crippen molar-refractivity contribution in [3.05, 3.63) is 24.3 Å². The Morgan fingerprint density at radius 2 is 0.544 bits per heavy atom. The Bertz CT molecular complexity index is 2070. The van der Waals surface area contributed by atoms with Gasteiger partial charge in [-0.1, -0.05) is 368 Å². The van der Waals surface area contributed by atoms with E-state index in [0.717, 1.165) is 121 Å². The lowest BCUT2D eigenvalue weighted by Gasteiger charge is -2.21. The maximum atomic E-state index is 13.1. The van der Waals surface area contributed by atoms with Gasteiger partial charge >= 0.3 is 39.5 Å². The lowest BCUT2D eigenvalue weighted by atomic mass is 9.99. The van der Waals surface area contributed by atoms with E-state index >= 15 is 0 Å². The second kappa shape index (κ2) is 75.0. The molecule has 0 heterocycles. The summed E-state index contributed by atoms with van der Waals surface area (Å²) in [4.78, 5) is 73.0. The fourth-order valence-corrected chi connectivity index (χ4v) is 14.0. The summed E-state index contributed by atoms with van der Waals surface area (Å²) in [5.41, 5.74) is 0. The van der Waals surface area contributed by atoms with E-state index in [1.165, 1.54) is 218 Å². The number of aliphatic hydroxyl groups excluding tert-OH is 1. The van der Waals surface area contributed by atoms with E-state index in [0.29, 0.717) is 25.7 Å². The van der Waals surface area contributed by atoms with Gasteiger partial charge in [0.25, 0.3) is 0 Å². The van der Waals surface area contributed by atoms with Gasteiger partial charge in [0.1, 0.15) is 19.3 Å². The van der Waals surface area contributed by atoms with Crippen LogP contribution in [0.25, 0.3) is 0 Å². The largest absolute Gasteiger partial charge is 0.472 e. The Morgan fingerprint density at radius 3 is 0.825 bits per heavy atom. The van der Waals surface area contributed by atoms with Gasteiger partial charge in [-0.15, -0.1) is 0 Å². The van der Waals surface area contributed by atoms with Crippen molar-refractivity contribution in [2.75, 3.05) is 39.6 Å². The minimum atomic E-state index is -4.97. The summed E-state index contributed by atoms with van der Waals surface area (Å²) in [5, 5.41) is 10.6. The monoisotopic (exact) mass is 1500 g/mol. The third kappa shape index (κ3) is 74.8. The number of rotatable bonds is 81. The van der Waals surface area contributed by atoms with Crippen LogP contribution in [0.3, 0.4) is 0 Å². The van der Waals surface area contributed by atoms with Gasteiger partial charge in [-0.25, -0.2) is 9.13 Å². The quantitative estimate of drug-likeness (QED) is 0.0169. The minimum Gasteiger partial charge on any atom is -0.462 e. The number of ether oxygens (including phenoxy) is 4. The molecule has 4 unspecified atom stereocenters. The maximum Gasteiger partial charge on any atom is 0.472 e. The molecule has 0 saturated carbocycles. The van der Waals surface area contributed by atoms with E-state index in [1.54, 1.807) is 0 Å². The number of allylic oxidation sites excluding steroid dienone is 4. The average molecular weight is 1500 g/mol. The van der Waals surface area contributed by atoms with E-state index in [4.69, 9.17) is 37.0 Å². The normalized spacial score (nSPS) is 14.5. The first kappa shape index (κ1) is 101. The van der Waals surface area contributed by atoms with Crippen LogP contribution in [-0.2, 0) is 65.4 Å². The van der Waals surface area contributed by atoms with E-state index in [9.17, 15) is 43.2 Å². The maximum absolute atomic E-state index is 13.1. The van der Waals surface area contributed by atoms with Gasteiger partial charge in [-0.2, -0.15) is 0 Å². The van der Waals surface area contributed by atoms with E-state index in [-0.39, 0.29) is 25.7 Å². The molecule has 3 N–H and O–H groups in total. The van der Waals surface area contributed by atoms with Crippen molar-refractivity contribution in [1.29, 1.82) is 0 Å². The second-order valence-corrected chi connectivity index (χ2v) is 32.9. The molecular formula is C84H160O17P2. The number of hydrogen-bond acceptors (Lipinski definition) is 15. The zero-order valence-electron chi connectivity index (χ0n) is 67.1. The Balaban J connectivity index is 5.22. The number of phosphoric acid groups is 2. The second-order valence-electron chi connectivity index (χ2n) is 30.0. The number of esters is 4. The van der Waals surface area contributed by atoms with Crippen LogP contribution < -0.4 is 0 Å². The Labute approximate surface area is 631 Å². The molecule has 608 valence electrons. The van der Waals surface area contributed by atoms with Gasteiger partial charge in [-0.3, -0.25) is 37.3 Å². The number of carbonyl (C=O) groups is 4. The number of aliphatic hydroxyl groups is 1. The van der Waals surface area contributed by atoms with Crippen molar-refractivity contribution >= 4 is 39.5 Å². The first-order valence-electron chi connectivity index (χ1n) is 42.9. The molecule has 0 aliphatic rings. The molecule has 17 nitrogen and oxygen atoms in total. The summed E-state index contributed by atoms with van der Waals surface area (Å²) in [6.45, 7) is 9.68. The fraction of sp³-hybridized carbons (Fsp3) is 0.905. The fourth-order valence-electron chi connectivity index (χ4n) is 12.5. The van der Waals surface area contributed by atoms with Crippen LogP contribution >= 0.6 is 15.6 Å². The molecule has 0 fully saturated rings.